The molecular formula is C20H19F2N3O2. The Morgan fingerprint density at radius 2 is 1.93 bits per heavy atom. The third kappa shape index (κ3) is 3.09. The molecule has 4 rings (SSSR count). The van der Waals surface area contributed by atoms with E-state index >= 15 is 0 Å². The number of carbonyl (C=O) groups is 1. The smallest absolute Gasteiger partial charge is 0.274 e. The van der Waals surface area contributed by atoms with E-state index in [0.29, 0.717) is 36.0 Å². The largest absolute Gasteiger partial charge is 0.339 e. The van der Waals surface area contributed by atoms with E-state index in [9.17, 15) is 13.6 Å². The lowest BCUT2D eigenvalue weighted by atomic mass is 10.00. The summed E-state index contributed by atoms with van der Waals surface area (Å²) in [7, 11) is 2.00. The number of hydroxylamine groups is 1. The number of amides is 1. The monoisotopic (exact) mass is 371 g/mol. The van der Waals surface area contributed by atoms with Gasteiger partial charge in [0.05, 0.1) is 5.52 Å². The number of fused-ring (bicyclic) bond motifs is 3. The van der Waals surface area contributed by atoms with E-state index in [4.69, 9.17) is 5.21 Å². The van der Waals surface area contributed by atoms with Crippen LogP contribution in [0.4, 0.5) is 8.78 Å². The number of benzene rings is 2. The zero-order chi connectivity index (χ0) is 19.1. The predicted octanol–water partition coefficient (Wildman–Crippen LogP) is 3.07. The predicted molar refractivity (Wildman–Crippen MR) is 96.7 cm³/mol. The number of nitrogens with zero attached hydrogens (tertiary/aromatic N) is 2. The zero-order valence-corrected chi connectivity index (χ0v) is 14.8. The third-order valence-corrected chi connectivity index (χ3v) is 5.12. The highest BCUT2D eigenvalue weighted by molar-refractivity contribution is 5.93. The van der Waals surface area contributed by atoms with Gasteiger partial charge in [-0.3, -0.25) is 14.9 Å². The molecule has 0 saturated carbocycles. The van der Waals surface area contributed by atoms with E-state index < -0.39 is 17.5 Å². The maximum atomic E-state index is 14.5. The molecule has 1 aromatic heterocycles. The second kappa shape index (κ2) is 6.75. The molecule has 0 saturated heterocycles. The minimum atomic E-state index is -0.590. The summed E-state index contributed by atoms with van der Waals surface area (Å²) in [5, 5.41) is 9.31. The topological polar surface area (TPSA) is 57.5 Å². The summed E-state index contributed by atoms with van der Waals surface area (Å²) in [5.41, 5.74) is 5.18. The molecule has 2 aromatic carbocycles. The molecule has 0 radical (unpaired) electrons. The van der Waals surface area contributed by atoms with Gasteiger partial charge in [-0.2, -0.15) is 0 Å². The van der Waals surface area contributed by atoms with Crippen LogP contribution in [-0.4, -0.2) is 34.2 Å². The van der Waals surface area contributed by atoms with Crippen LogP contribution in [0, 0.1) is 11.6 Å². The Morgan fingerprint density at radius 3 is 2.63 bits per heavy atom. The van der Waals surface area contributed by atoms with Gasteiger partial charge in [0.1, 0.15) is 11.6 Å². The molecule has 0 fully saturated rings. The van der Waals surface area contributed by atoms with Gasteiger partial charge in [0.25, 0.3) is 5.91 Å². The number of halogens is 2. The fourth-order valence-corrected chi connectivity index (χ4v) is 3.80. The molecule has 5 nitrogen and oxygen atoms in total. The Kier molecular flexibility index (Phi) is 4.41. The van der Waals surface area contributed by atoms with Gasteiger partial charge < -0.3 is 4.57 Å². The van der Waals surface area contributed by atoms with Crippen molar-refractivity contribution in [3.8, 4) is 0 Å². The van der Waals surface area contributed by atoms with Gasteiger partial charge in [-0.1, -0.05) is 12.1 Å². The van der Waals surface area contributed by atoms with Crippen molar-refractivity contribution in [2.24, 2.45) is 0 Å². The van der Waals surface area contributed by atoms with Crippen LogP contribution in [0.5, 0.6) is 0 Å². The van der Waals surface area contributed by atoms with Gasteiger partial charge in [-0.25, -0.2) is 14.3 Å². The highest BCUT2D eigenvalue weighted by Crippen LogP contribution is 2.33. The van der Waals surface area contributed by atoms with Crippen molar-refractivity contribution in [2.45, 2.75) is 19.5 Å². The quantitative estimate of drug-likeness (QED) is 0.550. The molecule has 2 heterocycles. The average molecular weight is 371 g/mol. The summed E-state index contributed by atoms with van der Waals surface area (Å²) in [4.78, 5) is 13.6. The molecule has 1 aliphatic heterocycles. The summed E-state index contributed by atoms with van der Waals surface area (Å²) in [6.07, 6.45) is 0.497. The normalized spacial score (nSPS) is 14.4. The third-order valence-electron chi connectivity index (χ3n) is 5.12. The van der Waals surface area contributed by atoms with Crippen LogP contribution in [0.15, 0.2) is 36.4 Å². The fourth-order valence-electron chi connectivity index (χ4n) is 3.80. The van der Waals surface area contributed by atoms with Gasteiger partial charge in [-0.15, -0.1) is 0 Å². The van der Waals surface area contributed by atoms with E-state index in [-0.39, 0.29) is 0 Å². The molecule has 3 aromatic rings. The molecule has 0 spiro atoms. The van der Waals surface area contributed by atoms with Gasteiger partial charge in [0.15, 0.2) is 0 Å². The van der Waals surface area contributed by atoms with Crippen LogP contribution in [0.25, 0.3) is 10.9 Å². The van der Waals surface area contributed by atoms with Gasteiger partial charge in [-0.05, 0) is 42.8 Å². The molecule has 0 aliphatic carbocycles. The van der Waals surface area contributed by atoms with Crippen molar-refractivity contribution in [3.05, 3.63) is 70.4 Å². The molecule has 0 bridgehead atoms. The maximum absolute atomic E-state index is 14.5. The Bertz CT molecular complexity index is 1030. The van der Waals surface area contributed by atoms with Crippen molar-refractivity contribution < 1.29 is 18.8 Å². The van der Waals surface area contributed by atoms with Crippen molar-refractivity contribution in [3.63, 3.8) is 0 Å². The second-order valence-electron chi connectivity index (χ2n) is 6.91. The Hall–Kier alpha value is -2.77. The summed E-state index contributed by atoms with van der Waals surface area (Å²) < 4.78 is 30.4. The van der Waals surface area contributed by atoms with Gasteiger partial charge >= 0.3 is 0 Å². The number of likely N-dealkylation sites (N-methyl/N-ethyl adjacent to an activating group) is 1. The zero-order valence-electron chi connectivity index (χ0n) is 14.8. The van der Waals surface area contributed by atoms with Gasteiger partial charge in [0.2, 0.25) is 0 Å². The molecule has 27 heavy (non-hydrogen) atoms. The maximum Gasteiger partial charge on any atom is 0.274 e. The van der Waals surface area contributed by atoms with Crippen LogP contribution in [0.3, 0.4) is 0 Å². The molecule has 1 aliphatic rings. The number of hydrogen-bond acceptors (Lipinski definition) is 3. The molecule has 1 amide bonds. The van der Waals surface area contributed by atoms with Gasteiger partial charge in [0, 0.05) is 42.3 Å². The van der Waals surface area contributed by atoms with Crippen LogP contribution in [0.2, 0.25) is 0 Å². The van der Waals surface area contributed by atoms with Crippen molar-refractivity contribution in [1.82, 2.24) is 14.9 Å². The fraction of sp³-hybridized carbons (Fsp3) is 0.250. The highest BCUT2D eigenvalue weighted by atomic mass is 19.1. The summed E-state index contributed by atoms with van der Waals surface area (Å²) in [5.74, 6) is -1.72. The SMILES string of the molecule is CN1CCn2c(c(Cc3ccc(C(=O)NO)cc3)c3cc(F)cc(F)c32)C1. The van der Waals surface area contributed by atoms with E-state index in [2.05, 4.69) is 4.90 Å². The second-order valence-corrected chi connectivity index (χ2v) is 6.91. The van der Waals surface area contributed by atoms with Crippen molar-refractivity contribution >= 4 is 16.8 Å². The molecular weight excluding hydrogens is 352 g/mol. The first-order valence-corrected chi connectivity index (χ1v) is 8.69. The van der Waals surface area contributed by atoms with Crippen molar-refractivity contribution in [1.29, 1.82) is 0 Å². The van der Waals surface area contributed by atoms with E-state index in [1.54, 1.807) is 29.7 Å². The molecule has 7 heteroatoms. The van der Waals surface area contributed by atoms with E-state index in [1.807, 2.05) is 11.6 Å². The lowest BCUT2D eigenvalue weighted by Crippen LogP contribution is -2.30. The molecule has 2 N–H and O–H groups in total. The number of carbonyl (C=O) groups excluding carboxylic acids is 1. The lowest BCUT2D eigenvalue weighted by Gasteiger charge is -2.26. The molecule has 0 unspecified atom stereocenters. The lowest BCUT2D eigenvalue weighted by molar-refractivity contribution is 0.0706. The minimum absolute atomic E-state index is 0.335. The van der Waals surface area contributed by atoms with Crippen LogP contribution in [0.1, 0.15) is 27.2 Å². The summed E-state index contributed by atoms with van der Waals surface area (Å²) in [6.45, 7) is 2.12. The number of rotatable bonds is 3. The molecule has 140 valence electrons. The van der Waals surface area contributed by atoms with E-state index in [0.717, 1.165) is 29.4 Å². The Labute approximate surface area is 154 Å². The van der Waals surface area contributed by atoms with E-state index in [1.165, 1.54) is 6.07 Å². The number of aromatic nitrogens is 1. The molecule has 0 atom stereocenters. The summed E-state index contributed by atoms with van der Waals surface area (Å²) in [6, 6.07) is 9.11. The van der Waals surface area contributed by atoms with Crippen LogP contribution >= 0.6 is 0 Å². The first-order valence-electron chi connectivity index (χ1n) is 8.69. The Balaban J connectivity index is 1.81. The standard InChI is InChI=1S/C20H19F2N3O2/c1-24-6-7-25-18(11-24)15(16-9-14(21)10-17(22)19(16)25)8-12-2-4-13(5-3-12)20(26)23-27/h2-5,9-10,27H,6-8,11H2,1H3,(H,23,26). The van der Waals surface area contributed by atoms with Crippen molar-refractivity contribution in [2.75, 3.05) is 13.6 Å². The minimum Gasteiger partial charge on any atom is -0.339 e. The highest BCUT2D eigenvalue weighted by Gasteiger charge is 2.24. The average Bonchev–Trinajstić information content (AvgIpc) is 2.95. The number of hydrogen-bond donors (Lipinski definition) is 2. The summed E-state index contributed by atoms with van der Waals surface area (Å²) >= 11 is 0. The number of nitrogens with one attached hydrogen (secondary N) is 1. The first-order chi connectivity index (χ1) is 13.0. The first kappa shape index (κ1) is 17.6. The Morgan fingerprint density at radius 1 is 1.19 bits per heavy atom. The van der Waals surface area contributed by atoms with Crippen LogP contribution in [-0.2, 0) is 19.5 Å². The van der Waals surface area contributed by atoms with Crippen LogP contribution < -0.4 is 5.48 Å².